The molecule has 1 fully saturated rings. The van der Waals surface area contributed by atoms with Gasteiger partial charge in [0.2, 0.25) is 10.0 Å². The minimum Gasteiger partial charge on any atom is -0.326 e. The van der Waals surface area contributed by atoms with Crippen molar-refractivity contribution in [3.8, 4) is 0 Å². The Kier molecular flexibility index (Phi) is 4.23. The Morgan fingerprint density at radius 3 is 2.58 bits per heavy atom. The van der Waals surface area contributed by atoms with Gasteiger partial charge in [-0.2, -0.15) is 0 Å². The maximum atomic E-state index is 13.7. The molecule has 0 radical (unpaired) electrons. The summed E-state index contributed by atoms with van der Waals surface area (Å²) in [6, 6.07) is 2.70. The summed E-state index contributed by atoms with van der Waals surface area (Å²) in [5, 5.41) is 0. The molecule has 0 spiro atoms. The molecule has 3 N–H and O–H groups in total. The molecule has 2 rings (SSSR count). The largest absolute Gasteiger partial charge is 0.326 e. The zero-order valence-electron chi connectivity index (χ0n) is 10.9. The standard InChI is InChI=1S/C13H19FN2O2S/c1-9-12(14)6-10(8-15)7-13(9)19(17,18)16-11-4-2-3-5-11/h6-7,11,16H,2-5,8,15H2,1H3. The van der Waals surface area contributed by atoms with Crippen LogP contribution in [0.5, 0.6) is 0 Å². The zero-order chi connectivity index (χ0) is 14.0. The molecule has 0 heterocycles. The molecule has 1 aromatic rings. The second-order valence-electron chi connectivity index (χ2n) is 5.01. The molecule has 1 saturated carbocycles. The molecule has 0 aliphatic heterocycles. The first kappa shape index (κ1) is 14.4. The smallest absolute Gasteiger partial charge is 0.241 e. The predicted octanol–water partition coefficient (Wildman–Crippen LogP) is 1.81. The molecule has 0 bridgehead atoms. The first-order valence-corrected chi connectivity index (χ1v) is 7.94. The average Bonchev–Trinajstić information content (AvgIpc) is 2.84. The van der Waals surface area contributed by atoms with Crippen LogP contribution in [0, 0.1) is 12.7 Å². The van der Waals surface area contributed by atoms with Crippen LogP contribution in [0.1, 0.15) is 36.8 Å². The van der Waals surface area contributed by atoms with Crippen LogP contribution in [-0.2, 0) is 16.6 Å². The summed E-state index contributed by atoms with van der Waals surface area (Å²) in [5.74, 6) is -0.533. The number of benzene rings is 1. The first-order chi connectivity index (χ1) is 8.94. The first-order valence-electron chi connectivity index (χ1n) is 6.45. The zero-order valence-corrected chi connectivity index (χ0v) is 11.8. The topological polar surface area (TPSA) is 72.2 Å². The number of sulfonamides is 1. The minimum atomic E-state index is -3.68. The fourth-order valence-electron chi connectivity index (χ4n) is 2.43. The highest BCUT2D eigenvalue weighted by Crippen LogP contribution is 2.24. The van der Waals surface area contributed by atoms with E-state index in [0.29, 0.717) is 5.56 Å². The van der Waals surface area contributed by atoms with Crippen LogP contribution >= 0.6 is 0 Å². The monoisotopic (exact) mass is 286 g/mol. The van der Waals surface area contributed by atoms with Crippen molar-refractivity contribution >= 4 is 10.0 Å². The van der Waals surface area contributed by atoms with Crippen molar-refractivity contribution in [3.05, 3.63) is 29.1 Å². The van der Waals surface area contributed by atoms with Gasteiger partial charge in [-0.05, 0) is 37.5 Å². The third-order valence-corrected chi connectivity index (χ3v) is 5.21. The van der Waals surface area contributed by atoms with Crippen LogP contribution in [0.2, 0.25) is 0 Å². The van der Waals surface area contributed by atoms with Gasteiger partial charge in [0.15, 0.2) is 0 Å². The highest BCUT2D eigenvalue weighted by Gasteiger charge is 2.25. The highest BCUT2D eigenvalue weighted by atomic mass is 32.2. The summed E-state index contributed by atoms with van der Waals surface area (Å²) < 4.78 is 41.0. The molecule has 6 heteroatoms. The molecule has 4 nitrogen and oxygen atoms in total. The maximum absolute atomic E-state index is 13.7. The van der Waals surface area contributed by atoms with Gasteiger partial charge in [0, 0.05) is 18.2 Å². The molecule has 1 aliphatic carbocycles. The predicted molar refractivity (Wildman–Crippen MR) is 71.6 cm³/mol. The molecule has 106 valence electrons. The van der Waals surface area contributed by atoms with Gasteiger partial charge in [0.1, 0.15) is 5.82 Å². The lowest BCUT2D eigenvalue weighted by atomic mass is 10.1. The lowest BCUT2D eigenvalue weighted by Gasteiger charge is -2.15. The lowest BCUT2D eigenvalue weighted by molar-refractivity contribution is 0.548. The number of rotatable bonds is 4. The van der Waals surface area contributed by atoms with E-state index in [1.165, 1.54) is 19.1 Å². The number of nitrogens with one attached hydrogen (secondary N) is 1. The van der Waals surface area contributed by atoms with Crippen molar-refractivity contribution in [1.82, 2.24) is 4.72 Å². The average molecular weight is 286 g/mol. The van der Waals surface area contributed by atoms with Gasteiger partial charge in [-0.25, -0.2) is 17.5 Å². The Morgan fingerprint density at radius 2 is 2.00 bits per heavy atom. The Bertz CT molecular complexity index is 566. The van der Waals surface area contributed by atoms with E-state index in [1.54, 1.807) is 0 Å². The summed E-state index contributed by atoms with van der Waals surface area (Å²) in [7, 11) is -3.68. The van der Waals surface area contributed by atoms with Gasteiger partial charge >= 0.3 is 0 Å². The Morgan fingerprint density at radius 1 is 1.37 bits per heavy atom. The Hall–Kier alpha value is -0.980. The second kappa shape index (κ2) is 5.56. The molecule has 19 heavy (non-hydrogen) atoms. The van der Waals surface area contributed by atoms with Gasteiger partial charge in [0.25, 0.3) is 0 Å². The van der Waals surface area contributed by atoms with Crippen LogP contribution in [0.3, 0.4) is 0 Å². The van der Waals surface area contributed by atoms with E-state index in [2.05, 4.69) is 4.72 Å². The summed E-state index contributed by atoms with van der Waals surface area (Å²) in [4.78, 5) is -0.000139. The Labute approximate surface area is 113 Å². The Balaban J connectivity index is 2.36. The van der Waals surface area contributed by atoms with E-state index in [4.69, 9.17) is 5.73 Å². The third kappa shape index (κ3) is 3.13. The number of nitrogens with two attached hydrogens (primary N) is 1. The van der Waals surface area contributed by atoms with Crippen LogP contribution in [0.4, 0.5) is 4.39 Å². The van der Waals surface area contributed by atoms with Gasteiger partial charge in [0.05, 0.1) is 4.90 Å². The molecular formula is C13H19FN2O2S. The highest BCUT2D eigenvalue weighted by molar-refractivity contribution is 7.89. The number of hydrogen-bond acceptors (Lipinski definition) is 3. The van der Waals surface area contributed by atoms with Crippen molar-refractivity contribution in [2.45, 2.75) is 50.1 Å². The molecule has 0 aromatic heterocycles. The molecular weight excluding hydrogens is 267 g/mol. The molecule has 0 amide bonds. The fourth-order valence-corrected chi connectivity index (χ4v) is 4.04. The molecule has 0 unspecified atom stereocenters. The van der Waals surface area contributed by atoms with Crippen molar-refractivity contribution < 1.29 is 12.8 Å². The minimum absolute atomic E-state index is 0.000139. The van der Waals surface area contributed by atoms with E-state index in [9.17, 15) is 12.8 Å². The van der Waals surface area contributed by atoms with Crippen LogP contribution < -0.4 is 10.5 Å². The van der Waals surface area contributed by atoms with Gasteiger partial charge in [-0.1, -0.05) is 12.8 Å². The van der Waals surface area contributed by atoms with Crippen LogP contribution in [0.15, 0.2) is 17.0 Å². The SMILES string of the molecule is Cc1c(F)cc(CN)cc1S(=O)(=O)NC1CCCC1. The van der Waals surface area contributed by atoms with Gasteiger partial charge < -0.3 is 5.73 Å². The second-order valence-corrected chi connectivity index (χ2v) is 6.69. The summed E-state index contributed by atoms with van der Waals surface area (Å²) in [5.41, 5.74) is 6.09. The van der Waals surface area contributed by atoms with Crippen molar-refractivity contribution in [2.24, 2.45) is 5.73 Å². The lowest BCUT2D eigenvalue weighted by Crippen LogP contribution is -2.33. The molecule has 1 aromatic carbocycles. The van der Waals surface area contributed by atoms with Crippen molar-refractivity contribution in [3.63, 3.8) is 0 Å². The van der Waals surface area contributed by atoms with Crippen molar-refractivity contribution in [1.29, 1.82) is 0 Å². The normalized spacial score (nSPS) is 17.0. The van der Waals surface area contributed by atoms with Crippen molar-refractivity contribution in [2.75, 3.05) is 0 Å². The van der Waals surface area contributed by atoms with E-state index in [-0.39, 0.29) is 23.0 Å². The summed E-state index contributed by atoms with van der Waals surface area (Å²) in [6.07, 6.45) is 3.75. The summed E-state index contributed by atoms with van der Waals surface area (Å²) >= 11 is 0. The van der Waals surface area contributed by atoms with Crippen LogP contribution in [0.25, 0.3) is 0 Å². The maximum Gasteiger partial charge on any atom is 0.241 e. The van der Waals surface area contributed by atoms with Crippen LogP contribution in [-0.4, -0.2) is 14.5 Å². The molecule has 0 saturated heterocycles. The van der Waals surface area contributed by atoms with Gasteiger partial charge in [-0.15, -0.1) is 0 Å². The van der Waals surface area contributed by atoms with E-state index in [0.717, 1.165) is 25.7 Å². The molecule has 0 atom stereocenters. The molecule has 1 aliphatic rings. The third-order valence-electron chi connectivity index (χ3n) is 3.56. The van der Waals surface area contributed by atoms with Gasteiger partial charge in [-0.3, -0.25) is 0 Å². The number of hydrogen-bond donors (Lipinski definition) is 2. The quantitative estimate of drug-likeness (QED) is 0.886. The van der Waals surface area contributed by atoms with E-state index in [1.807, 2.05) is 0 Å². The fraction of sp³-hybridized carbons (Fsp3) is 0.538. The number of halogens is 1. The van der Waals surface area contributed by atoms with E-state index < -0.39 is 15.8 Å². The van der Waals surface area contributed by atoms with E-state index >= 15 is 0 Å². The summed E-state index contributed by atoms with van der Waals surface area (Å²) in [6.45, 7) is 1.59.